The first-order chi connectivity index (χ1) is 14.4. The Kier molecular flexibility index (Phi) is 4.53. The van der Waals surface area contributed by atoms with E-state index in [1.165, 1.54) is 11.1 Å². The number of ketones is 1. The predicted octanol–water partition coefficient (Wildman–Crippen LogP) is 5.17. The van der Waals surface area contributed by atoms with Crippen molar-refractivity contribution in [3.05, 3.63) is 23.0 Å². The fourth-order valence-electron chi connectivity index (χ4n) is 8.71. The molecule has 0 bridgehead atoms. The van der Waals surface area contributed by atoms with Crippen LogP contribution in [0.4, 0.5) is 0 Å². The number of allylic oxidation sites excluding steroid dienone is 1. The van der Waals surface area contributed by atoms with E-state index in [0.29, 0.717) is 30.5 Å². The molecule has 3 fully saturated rings. The highest BCUT2D eigenvalue weighted by molar-refractivity contribution is 6.26. The number of fused-ring (bicyclic) bond motifs is 6. The van der Waals surface area contributed by atoms with E-state index < -0.39 is 16.4 Å². The van der Waals surface area contributed by atoms with Crippen LogP contribution in [0.3, 0.4) is 0 Å². The lowest BCUT2D eigenvalue weighted by Gasteiger charge is -2.65. The number of alkyl halides is 1. The second-order valence-corrected chi connectivity index (χ2v) is 12.3. The number of aliphatic hydroxyl groups is 1. The van der Waals surface area contributed by atoms with Crippen molar-refractivity contribution in [2.75, 3.05) is 0 Å². The Hall–Kier alpha value is -1.13. The summed E-state index contributed by atoms with van der Waals surface area (Å²) < 4.78 is 1.88. The number of aromatic nitrogens is 2. The van der Waals surface area contributed by atoms with E-state index in [9.17, 15) is 9.90 Å². The van der Waals surface area contributed by atoms with Gasteiger partial charge in [0.2, 0.25) is 0 Å². The van der Waals surface area contributed by atoms with Crippen molar-refractivity contribution in [3.63, 3.8) is 0 Å². The van der Waals surface area contributed by atoms with Crippen LogP contribution in [0.1, 0.15) is 78.0 Å². The fourth-order valence-corrected chi connectivity index (χ4v) is 9.23. The first-order valence-corrected chi connectivity index (χ1v) is 12.4. The van der Waals surface area contributed by atoms with Crippen molar-refractivity contribution in [2.45, 2.75) is 84.1 Å². The first kappa shape index (κ1) is 21.7. The number of carbonyl (C=O) groups excluding carboxylic acids is 1. The van der Waals surface area contributed by atoms with Crippen LogP contribution in [-0.4, -0.2) is 31.6 Å². The van der Waals surface area contributed by atoms with Gasteiger partial charge in [0.05, 0.1) is 16.7 Å². The smallest absolute Gasteiger partial charge is 0.139 e. The largest absolute Gasteiger partial charge is 0.391 e. The van der Waals surface area contributed by atoms with Crippen molar-refractivity contribution >= 4 is 23.5 Å². The summed E-state index contributed by atoms with van der Waals surface area (Å²) in [6, 6.07) is 0. The second kappa shape index (κ2) is 6.47. The zero-order valence-corrected chi connectivity index (χ0v) is 20.6. The number of halogens is 1. The van der Waals surface area contributed by atoms with Gasteiger partial charge in [-0.2, -0.15) is 5.10 Å². The van der Waals surface area contributed by atoms with Crippen LogP contribution in [0.25, 0.3) is 6.08 Å². The molecular formula is C26H37ClN2O2. The summed E-state index contributed by atoms with van der Waals surface area (Å²) in [5.41, 5.74) is 2.70. The zero-order chi connectivity index (χ0) is 22.6. The van der Waals surface area contributed by atoms with E-state index in [0.717, 1.165) is 31.4 Å². The highest BCUT2D eigenvalue weighted by atomic mass is 35.5. The molecule has 1 aromatic rings. The molecule has 4 aliphatic carbocycles. The molecule has 0 saturated heterocycles. The van der Waals surface area contributed by atoms with Crippen molar-refractivity contribution in [2.24, 2.45) is 41.0 Å². The van der Waals surface area contributed by atoms with Crippen molar-refractivity contribution in [3.8, 4) is 0 Å². The Balaban J connectivity index is 1.62. The lowest BCUT2D eigenvalue weighted by Crippen LogP contribution is -2.68. The summed E-state index contributed by atoms with van der Waals surface area (Å²) in [5, 5.41) is 16.5. The molecule has 0 spiro atoms. The van der Waals surface area contributed by atoms with Gasteiger partial charge in [0.25, 0.3) is 0 Å². The third kappa shape index (κ3) is 2.37. The summed E-state index contributed by atoms with van der Waals surface area (Å²) in [5.74, 6) is 1.22. The number of carbonyl (C=O) groups is 1. The lowest BCUT2D eigenvalue weighted by molar-refractivity contribution is -0.153. The fraction of sp³-hybridized carbons (Fsp3) is 0.769. The average molecular weight is 445 g/mol. The summed E-state index contributed by atoms with van der Waals surface area (Å²) >= 11 is 7.70. The standard InChI is InChI=1S/C26H37ClN2O2/c1-7-21(30)25(5)15(2)10-19-18-9-8-17-11-20-16(14-29(6)28-20)12-23(17,3)26(18,27)22(31)13-24(19,25)4/h11,14-15,18-19,22,31H,7-10,12-13H2,1-6H3/t15-,18-,19-,22-,23-,24-,25+,26-/m0/s1. The Bertz CT molecular complexity index is 984. The third-order valence-corrected chi connectivity index (χ3v) is 11.6. The zero-order valence-electron chi connectivity index (χ0n) is 19.8. The highest BCUT2D eigenvalue weighted by Crippen LogP contribution is 2.74. The number of nitrogens with zero attached hydrogens (tertiary/aromatic N) is 2. The molecule has 0 amide bonds. The molecule has 1 heterocycles. The van der Waals surface area contributed by atoms with E-state index in [2.05, 4.69) is 45.1 Å². The van der Waals surface area contributed by atoms with Gasteiger partial charge in [-0.15, -0.1) is 11.6 Å². The molecule has 8 atom stereocenters. The molecule has 4 aliphatic rings. The topological polar surface area (TPSA) is 55.1 Å². The van der Waals surface area contributed by atoms with Crippen molar-refractivity contribution < 1.29 is 9.90 Å². The number of aryl methyl sites for hydroxylation is 1. The molecule has 1 aromatic heterocycles. The van der Waals surface area contributed by atoms with Gasteiger partial charge in [-0.05, 0) is 66.9 Å². The van der Waals surface area contributed by atoms with E-state index >= 15 is 0 Å². The molecule has 5 heteroatoms. The van der Waals surface area contributed by atoms with Crippen molar-refractivity contribution in [1.29, 1.82) is 0 Å². The molecule has 4 nitrogen and oxygen atoms in total. The summed E-state index contributed by atoms with van der Waals surface area (Å²) in [6.45, 7) is 11.0. The molecule has 31 heavy (non-hydrogen) atoms. The number of aliphatic hydroxyl groups excluding tert-OH is 1. The maximum Gasteiger partial charge on any atom is 0.139 e. The van der Waals surface area contributed by atoms with Crippen LogP contribution in [0.5, 0.6) is 0 Å². The second-order valence-electron chi connectivity index (χ2n) is 11.7. The van der Waals surface area contributed by atoms with Gasteiger partial charge in [0, 0.05) is 30.5 Å². The maximum atomic E-state index is 13.3. The summed E-state index contributed by atoms with van der Waals surface area (Å²) in [6.07, 6.45) is 8.69. The van der Waals surface area contributed by atoms with Gasteiger partial charge in [0.15, 0.2) is 0 Å². The minimum Gasteiger partial charge on any atom is -0.391 e. The predicted molar refractivity (Wildman–Crippen MR) is 124 cm³/mol. The van der Waals surface area contributed by atoms with Crippen LogP contribution < -0.4 is 0 Å². The molecule has 0 aromatic carbocycles. The minimum absolute atomic E-state index is 0.206. The van der Waals surface area contributed by atoms with Crippen LogP contribution in [0.15, 0.2) is 11.8 Å². The maximum absolute atomic E-state index is 13.3. The molecule has 0 radical (unpaired) electrons. The van der Waals surface area contributed by atoms with Gasteiger partial charge in [-0.1, -0.05) is 40.2 Å². The molecular weight excluding hydrogens is 408 g/mol. The number of Topliss-reactive ketones (excluding diaryl/α,β-unsaturated/α-hetero) is 1. The van der Waals surface area contributed by atoms with Gasteiger partial charge < -0.3 is 5.11 Å². The Morgan fingerprint density at radius 3 is 2.71 bits per heavy atom. The highest BCUT2D eigenvalue weighted by Gasteiger charge is 2.73. The number of hydrogen-bond acceptors (Lipinski definition) is 3. The molecule has 3 saturated carbocycles. The number of rotatable bonds is 2. The van der Waals surface area contributed by atoms with Crippen LogP contribution in [0.2, 0.25) is 0 Å². The van der Waals surface area contributed by atoms with Crippen LogP contribution in [0, 0.1) is 34.0 Å². The molecule has 0 unspecified atom stereocenters. The van der Waals surface area contributed by atoms with Crippen LogP contribution in [-0.2, 0) is 18.3 Å². The molecule has 170 valence electrons. The first-order valence-electron chi connectivity index (χ1n) is 12.1. The Morgan fingerprint density at radius 2 is 2.03 bits per heavy atom. The van der Waals surface area contributed by atoms with E-state index in [1.807, 2.05) is 18.7 Å². The van der Waals surface area contributed by atoms with E-state index in [1.54, 1.807) is 0 Å². The van der Waals surface area contributed by atoms with Gasteiger partial charge in [-0.3, -0.25) is 9.48 Å². The lowest BCUT2D eigenvalue weighted by atomic mass is 9.43. The molecule has 5 rings (SSSR count). The molecule has 1 N–H and O–H groups in total. The third-order valence-electron chi connectivity index (χ3n) is 10.7. The number of hydrogen-bond donors (Lipinski definition) is 1. The molecule has 0 aliphatic heterocycles. The van der Waals surface area contributed by atoms with E-state index in [-0.39, 0.29) is 16.7 Å². The van der Waals surface area contributed by atoms with Gasteiger partial charge >= 0.3 is 0 Å². The Labute approximate surface area is 191 Å². The van der Waals surface area contributed by atoms with E-state index in [4.69, 9.17) is 11.6 Å². The SMILES string of the molecule is CCC(=O)[C@@]1(C)[C@@H](C)C[C@H]2[C@@H]3CCC4=Cc5nn(C)cc5C[C@]4(C)[C@@]3(Cl)[C@@H](O)C[C@@]21C. The van der Waals surface area contributed by atoms with Gasteiger partial charge in [0.1, 0.15) is 5.78 Å². The Morgan fingerprint density at radius 1 is 1.32 bits per heavy atom. The van der Waals surface area contributed by atoms with Gasteiger partial charge in [-0.25, -0.2) is 0 Å². The quantitative estimate of drug-likeness (QED) is 0.640. The summed E-state index contributed by atoms with van der Waals surface area (Å²) in [4.78, 5) is 12.5. The average Bonchev–Trinajstić information content (AvgIpc) is 3.15. The normalized spacial score (nSPS) is 48.3. The van der Waals surface area contributed by atoms with Crippen molar-refractivity contribution in [1.82, 2.24) is 9.78 Å². The monoisotopic (exact) mass is 444 g/mol. The summed E-state index contributed by atoms with van der Waals surface area (Å²) in [7, 11) is 1.97. The minimum atomic E-state index is -0.713. The van der Waals surface area contributed by atoms with Crippen LogP contribution >= 0.6 is 11.6 Å².